The van der Waals surface area contributed by atoms with Gasteiger partial charge in [0.25, 0.3) is 0 Å². The third-order valence-electron chi connectivity index (χ3n) is 2.80. The van der Waals surface area contributed by atoms with E-state index in [1.807, 2.05) is 4.57 Å². The quantitative estimate of drug-likeness (QED) is 0.641. The maximum absolute atomic E-state index is 5.30. The van der Waals surface area contributed by atoms with E-state index in [9.17, 15) is 0 Å². The lowest BCUT2D eigenvalue weighted by molar-refractivity contribution is 0.580. The van der Waals surface area contributed by atoms with E-state index < -0.39 is 0 Å². The number of rotatable bonds is 5. The first-order valence-corrected chi connectivity index (χ1v) is 6.72. The van der Waals surface area contributed by atoms with E-state index in [4.69, 9.17) is 24.4 Å². The van der Waals surface area contributed by atoms with Crippen LogP contribution in [0.2, 0.25) is 0 Å². The average molecular weight is 268 g/mol. The van der Waals surface area contributed by atoms with Crippen LogP contribution in [-0.2, 0) is 6.54 Å². The number of nitrogens with one attached hydrogen (secondary N) is 2. The zero-order valence-electron chi connectivity index (χ0n) is 9.82. The molecule has 17 heavy (non-hydrogen) atoms. The van der Waals surface area contributed by atoms with Crippen molar-refractivity contribution in [1.82, 2.24) is 19.5 Å². The van der Waals surface area contributed by atoms with E-state index in [1.165, 1.54) is 19.3 Å². The predicted molar refractivity (Wildman–Crippen MR) is 74.2 cm³/mol. The minimum Gasteiger partial charge on any atom is -0.341 e. The molecule has 0 aliphatic rings. The van der Waals surface area contributed by atoms with Gasteiger partial charge < -0.3 is 14.5 Å². The summed E-state index contributed by atoms with van der Waals surface area (Å²) in [6.45, 7) is 3.10. The SMILES string of the molecule is CCCCCCn1c(=S)[nH]c(=S)c2[nH]cnc21. The Morgan fingerprint density at radius 3 is 2.88 bits per heavy atom. The second kappa shape index (κ2) is 5.55. The van der Waals surface area contributed by atoms with Gasteiger partial charge in [-0.25, -0.2) is 4.98 Å². The van der Waals surface area contributed by atoms with Crippen LogP contribution in [0.15, 0.2) is 6.33 Å². The Morgan fingerprint density at radius 1 is 1.29 bits per heavy atom. The summed E-state index contributed by atoms with van der Waals surface area (Å²) in [4.78, 5) is 10.4. The number of aryl methyl sites for hydroxylation is 1. The van der Waals surface area contributed by atoms with Gasteiger partial charge in [-0.15, -0.1) is 0 Å². The second-order valence-corrected chi connectivity index (χ2v) is 4.87. The molecule has 2 N–H and O–H groups in total. The predicted octanol–water partition coefficient (Wildman–Crippen LogP) is 3.73. The summed E-state index contributed by atoms with van der Waals surface area (Å²) in [6.07, 6.45) is 6.50. The summed E-state index contributed by atoms with van der Waals surface area (Å²) in [7, 11) is 0. The molecule has 0 atom stereocenters. The van der Waals surface area contributed by atoms with E-state index in [0.717, 1.165) is 24.1 Å². The number of fused-ring (bicyclic) bond motifs is 1. The van der Waals surface area contributed by atoms with Crippen molar-refractivity contribution >= 4 is 35.6 Å². The first-order chi connectivity index (χ1) is 8.24. The van der Waals surface area contributed by atoms with Crippen molar-refractivity contribution in [3.05, 3.63) is 15.7 Å². The number of aromatic nitrogens is 4. The van der Waals surface area contributed by atoms with Crippen LogP contribution < -0.4 is 0 Å². The number of aromatic amines is 2. The average Bonchev–Trinajstić information content (AvgIpc) is 2.77. The molecule has 2 heterocycles. The maximum Gasteiger partial charge on any atom is 0.179 e. The molecule has 0 bridgehead atoms. The molecule has 2 rings (SSSR count). The van der Waals surface area contributed by atoms with Crippen molar-refractivity contribution in [3.8, 4) is 0 Å². The molecule has 0 unspecified atom stereocenters. The minimum atomic E-state index is 0.632. The van der Waals surface area contributed by atoms with Crippen LogP contribution in [0, 0.1) is 9.41 Å². The monoisotopic (exact) mass is 268 g/mol. The first kappa shape index (κ1) is 12.4. The van der Waals surface area contributed by atoms with E-state index >= 15 is 0 Å². The highest BCUT2D eigenvalue weighted by Crippen LogP contribution is 2.12. The lowest BCUT2D eigenvalue weighted by atomic mass is 10.2. The Bertz CT molecular complexity index is 608. The van der Waals surface area contributed by atoms with Gasteiger partial charge in [-0.1, -0.05) is 38.4 Å². The summed E-state index contributed by atoms with van der Waals surface area (Å²) in [6, 6.07) is 0. The number of imidazole rings is 1. The fraction of sp³-hybridized carbons (Fsp3) is 0.545. The highest BCUT2D eigenvalue weighted by atomic mass is 32.1. The molecule has 2 aromatic rings. The van der Waals surface area contributed by atoms with Crippen LogP contribution >= 0.6 is 24.4 Å². The van der Waals surface area contributed by atoms with E-state index in [2.05, 4.69) is 21.9 Å². The molecule has 0 saturated heterocycles. The molecule has 2 aromatic heterocycles. The minimum absolute atomic E-state index is 0.632. The van der Waals surface area contributed by atoms with Crippen molar-refractivity contribution in [2.24, 2.45) is 0 Å². The van der Waals surface area contributed by atoms with Gasteiger partial charge in [0, 0.05) is 6.54 Å². The summed E-state index contributed by atoms with van der Waals surface area (Å²) >= 11 is 10.5. The molecular weight excluding hydrogens is 252 g/mol. The van der Waals surface area contributed by atoms with Crippen LogP contribution in [-0.4, -0.2) is 19.5 Å². The van der Waals surface area contributed by atoms with Crippen LogP contribution in [0.1, 0.15) is 32.6 Å². The van der Waals surface area contributed by atoms with Crippen molar-refractivity contribution < 1.29 is 0 Å². The van der Waals surface area contributed by atoms with E-state index in [1.54, 1.807) is 6.33 Å². The molecule has 4 nitrogen and oxygen atoms in total. The van der Waals surface area contributed by atoms with Crippen LogP contribution in [0.4, 0.5) is 0 Å². The third-order valence-corrected chi connectivity index (χ3v) is 3.43. The standard InChI is InChI=1S/C11H16N4S2/c1-2-3-4-5-6-15-9-8(12-7-13-9)10(16)14-11(15)17/h7H,2-6H2,1H3,(H,12,13)(H,14,16,17). The molecule has 0 amide bonds. The largest absolute Gasteiger partial charge is 0.341 e. The topological polar surface area (TPSA) is 49.4 Å². The van der Waals surface area contributed by atoms with Gasteiger partial charge >= 0.3 is 0 Å². The Balaban J connectivity index is 2.30. The Labute approximate surface area is 110 Å². The van der Waals surface area contributed by atoms with Crippen molar-refractivity contribution in [2.75, 3.05) is 0 Å². The fourth-order valence-electron chi connectivity index (χ4n) is 1.89. The highest BCUT2D eigenvalue weighted by molar-refractivity contribution is 7.72. The van der Waals surface area contributed by atoms with E-state index in [0.29, 0.717) is 9.41 Å². The molecule has 0 spiro atoms. The third kappa shape index (κ3) is 2.63. The van der Waals surface area contributed by atoms with Gasteiger partial charge in [-0.2, -0.15) is 0 Å². The van der Waals surface area contributed by atoms with Crippen molar-refractivity contribution in [3.63, 3.8) is 0 Å². The molecule has 92 valence electrons. The Kier molecular flexibility index (Phi) is 4.06. The zero-order chi connectivity index (χ0) is 12.3. The first-order valence-electron chi connectivity index (χ1n) is 5.90. The molecule has 0 radical (unpaired) electrons. The lowest BCUT2D eigenvalue weighted by Crippen LogP contribution is -2.04. The number of hydrogen-bond donors (Lipinski definition) is 2. The van der Waals surface area contributed by atoms with Gasteiger partial charge in [0.15, 0.2) is 10.4 Å². The maximum atomic E-state index is 5.30. The highest BCUT2D eigenvalue weighted by Gasteiger charge is 2.05. The Morgan fingerprint density at radius 2 is 2.12 bits per heavy atom. The molecule has 0 aliphatic carbocycles. The number of hydrogen-bond acceptors (Lipinski definition) is 3. The zero-order valence-corrected chi connectivity index (χ0v) is 11.5. The van der Waals surface area contributed by atoms with Crippen LogP contribution in [0.25, 0.3) is 11.2 Å². The van der Waals surface area contributed by atoms with Crippen molar-refractivity contribution in [2.45, 2.75) is 39.2 Å². The number of unbranched alkanes of at least 4 members (excludes halogenated alkanes) is 3. The van der Waals surface area contributed by atoms with Crippen LogP contribution in [0.5, 0.6) is 0 Å². The van der Waals surface area contributed by atoms with Gasteiger partial charge in [0.1, 0.15) is 10.2 Å². The van der Waals surface area contributed by atoms with Gasteiger partial charge in [-0.05, 0) is 18.6 Å². The number of nitrogens with zero attached hydrogens (tertiary/aromatic N) is 2. The fourth-order valence-corrected chi connectivity index (χ4v) is 2.48. The summed E-state index contributed by atoms with van der Waals surface area (Å²) in [5.74, 6) is 0. The second-order valence-electron chi connectivity index (χ2n) is 4.07. The molecule has 0 saturated carbocycles. The smallest absolute Gasteiger partial charge is 0.179 e. The van der Waals surface area contributed by atoms with Gasteiger partial charge in [0.2, 0.25) is 0 Å². The summed E-state index contributed by atoms with van der Waals surface area (Å²) in [5.41, 5.74) is 1.72. The molecule has 0 aliphatic heterocycles. The lowest BCUT2D eigenvalue weighted by Gasteiger charge is -2.07. The van der Waals surface area contributed by atoms with E-state index in [-0.39, 0.29) is 0 Å². The molecule has 0 fully saturated rings. The number of H-pyrrole nitrogens is 2. The normalized spacial score (nSPS) is 11.1. The van der Waals surface area contributed by atoms with Gasteiger partial charge in [0.05, 0.1) is 6.33 Å². The van der Waals surface area contributed by atoms with Crippen LogP contribution in [0.3, 0.4) is 0 Å². The molecule has 6 heteroatoms. The summed E-state index contributed by atoms with van der Waals surface area (Å²) < 4.78 is 3.31. The Hall–Kier alpha value is -1.01. The van der Waals surface area contributed by atoms with Gasteiger partial charge in [-0.3, -0.25) is 0 Å². The molecule has 0 aromatic carbocycles. The molecular formula is C11H16N4S2. The summed E-state index contributed by atoms with van der Waals surface area (Å²) in [5, 5.41) is 0. The van der Waals surface area contributed by atoms with Crippen molar-refractivity contribution in [1.29, 1.82) is 0 Å².